The predicted molar refractivity (Wildman–Crippen MR) is 104 cm³/mol. The molecule has 1 amide bonds. The van der Waals surface area contributed by atoms with Crippen LogP contribution >= 0.6 is 0 Å². The minimum absolute atomic E-state index is 0.0869. The molecule has 4 bridgehead atoms. The van der Waals surface area contributed by atoms with Crippen molar-refractivity contribution in [3.63, 3.8) is 0 Å². The van der Waals surface area contributed by atoms with Gasteiger partial charge in [-0.2, -0.15) is 0 Å². The van der Waals surface area contributed by atoms with E-state index >= 15 is 0 Å². The van der Waals surface area contributed by atoms with Crippen molar-refractivity contribution >= 4 is 5.91 Å². The molecule has 1 aromatic carbocycles. The molecule has 2 N–H and O–H groups in total. The fourth-order valence-electron chi connectivity index (χ4n) is 7.20. The van der Waals surface area contributed by atoms with Crippen LogP contribution in [0.4, 0.5) is 0 Å². The summed E-state index contributed by atoms with van der Waals surface area (Å²) in [6.45, 7) is 3.90. The summed E-state index contributed by atoms with van der Waals surface area (Å²) in [4.78, 5) is 15.8. The number of benzene rings is 1. The molecule has 4 saturated carbocycles. The van der Waals surface area contributed by atoms with Crippen molar-refractivity contribution in [2.24, 2.45) is 23.0 Å². The lowest BCUT2D eigenvalue weighted by Crippen LogP contribution is -2.60. The lowest BCUT2D eigenvalue weighted by Gasteiger charge is -2.62. The highest BCUT2D eigenvalue weighted by atomic mass is 16.2. The van der Waals surface area contributed by atoms with Crippen LogP contribution in [-0.2, 0) is 10.2 Å². The number of hydrogen-bond donors (Lipinski definition) is 1. The van der Waals surface area contributed by atoms with E-state index in [1.54, 1.807) is 0 Å². The van der Waals surface area contributed by atoms with Crippen molar-refractivity contribution in [3.8, 4) is 0 Å². The Hall–Kier alpha value is -1.35. The first-order valence-corrected chi connectivity index (χ1v) is 10.6. The number of hydrogen-bond acceptors (Lipinski definition) is 2. The Bertz CT molecular complexity index is 687. The summed E-state index contributed by atoms with van der Waals surface area (Å²) in [5.74, 6) is 1.96. The summed E-state index contributed by atoms with van der Waals surface area (Å²) in [5, 5.41) is 0. The van der Waals surface area contributed by atoms with Crippen molar-refractivity contribution in [2.75, 3.05) is 13.1 Å². The minimum Gasteiger partial charge on any atom is -0.342 e. The molecule has 5 aliphatic rings. The highest BCUT2D eigenvalue weighted by molar-refractivity contribution is 5.84. The van der Waals surface area contributed by atoms with Crippen molar-refractivity contribution in [3.05, 3.63) is 35.4 Å². The number of rotatable bonds is 2. The van der Waals surface area contributed by atoms with Gasteiger partial charge in [0.15, 0.2) is 0 Å². The van der Waals surface area contributed by atoms with Gasteiger partial charge in [0.2, 0.25) is 5.91 Å². The van der Waals surface area contributed by atoms with Crippen LogP contribution in [0, 0.1) is 24.2 Å². The zero-order valence-corrected chi connectivity index (χ0v) is 16.0. The molecule has 1 aliphatic heterocycles. The molecule has 26 heavy (non-hydrogen) atoms. The van der Waals surface area contributed by atoms with Gasteiger partial charge in [-0.1, -0.05) is 29.8 Å². The van der Waals surface area contributed by atoms with Crippen LogP contribution in [0.1, 0.15) is 62.5 Å². The second-order valence-electron chi connectivity index (χ2n) is 10.0. The summed E-state index contributed by atoms with van der Waals surface area (Å²) in [6.07, 6.45) is 9.25. The van der Waals surface area contributed by atoms with Crippen molar-refractivity contribution in [1.29, 1.82) is 0 Å². The lowest BCUT2D eigenvalue weighted by molar-refractivity contribution is -0.161. The first-order chi connectivity index (χ1) is 12.5. The molecule has 2 atom stereocenters. The molecule has 6 rings (SSSR count). The Labute approximate surface area is 157 Å². The fourth-order valence-corrected chi connectivity index (χ4v) is 7.20. The van der Waals surface area contributed by atoms with Gasteiger partial charge in [0.05, 0.1) is 5.41 Å². The first-order valence-electron chi connectivity index (χ1n) is 10.6. The summed E-state index contributed by atoms with van der Waals surface area (Å²) in [6, 6.07) is 9.50. The molecule has 1 aromatic rings. The van der Waals surface area contributed by atoms with Gasteiger partial charge in [-0.15, -0.1) is 0 Å². The van der Waals surface area contributed by atoms with Crippen LogP contribution in [0.3, 0.4) is 0 Å². The number of nitrogens with two attached hydrogens (primary N) is 1. The maximum absolute atomic E-state index is 13.7. The highest BCUT2D eigenvalue weighted by Crippen LogP contribution is 2.66. The van der Waals surface area contributed by atoms with E-state index in [1.807, 2.05) is 0 Å². The van der Waals surface area contributed by atoms with Gasteiger partial charge in [0, 0.05) is 19.1 Å². The van der Waals surface area contributed by atoms with Crippen molar-refractivity contribution in [1.82, 2.24) is 4.90 Å². The monoisotopic (exact) mass is 352 g/mol. The third-order valence-electron chi connectivity index (χ3n) is 8.01. The molecule has 1 saturated heterocycles. The number of nitrogens with zero attached hydrogens (tertiary/aromatic N) is 1. The van der Waals surface area contributed by atoms with Crippen LogP contribution in [0.5, 0.6) is 0 Å². The second kappa shape index (κ2) is 5.82. The van der Waals surface area contributed by atoms with Crippen LogP contribution in [-0.4, -0.2) is 29.9 Å². The van der Waals surface area contributed by atoms with E-state index in [1.165, 1.54) is 30.4 Å². The third kappa shape index (κ3) is 2.54. The number of piperidine rings is 1. The third-order valence-corrected chi connectivity index (χ3v) is 8.01. The molecule has 0 spiro atoms. The maximum atomic E-state index is 13.7. The molecule has 3 nitrogen and oxygen atoms in total. The number of amides is 1. The Kier molecular flexibility index (Phi) is 3.76. The summed E-state index contributed by atoms with van der Waals surface area (Å²) >= 11 is 0. The molecule has 5 fully saturated rings. The van der Waals surface area contributed by atoms with Crippen LogP contribution in [0.25, 0.3) is 0 Å². The standard InChI is InChI=1S/C23H32N2O/c1-16-2-4-19(5-3-16)22-11-17-10-18(12-22)14-23(13-17,15-22)21(26)25-8-6-20(24)7-9-25/h2-5,17-18,20H,6-15,24H2,1H3. The second-order valence-corrected chi connectivity index (χ2v) is 10.0. The summed E-state index contributed by atoms with van der Waals surface area (Å²) in [5.41, 5.74) is 9.06. The summed E-state index contributed by atoms with van der Waals surface area (Å²) < 4.78 is 0. The number of likely N-dealkylation sites (tertiary alicyclic amines) is 1. The number of carbonyl (C=O) groups excluding carboxylic acids is 1. The molecule has 0 aromatic heterocycles. The van der Waals surface area contributed by atoms with E-state index in [4.69, 9.17) is 5.73 Å². The first kappa shape index (κ1) is 16.8. The van der Waals surface area contributed by atoms with Gasteiger partial charge >= 0.3 is 0 Å². The lowest BCUT2D eigenvalue weighted by atomic mass is 9.42. The van der Waals surface area contributed by atoms with E-state index < -0.39 is 0 Å². The predicted octanol–water partition coefficient (Wildman–Crippen LogP) is 3.78. The molecule has 3 heteroatoms. The van der Waals surface area contributed by atoms with Crippen molar-refractivity contribution < 1.29 is 4.79 Å². The Morgan fingerprint density at radius 3 is 2.27 bits per heavy atom. The zero-order valence-electron chi connectivity index (χ0n) is 16.0. The van der Waals surface area contributed by atoms with E-state index in [0.29, 0.717) is 5.91 Å². The zero-order chi connectivity index (χ0) is 17.9. The summed E-state index contributed by atoms with van der Waals surface area (Å²) in [7, 11) is 0. The molecule has 4 aliphatic carbocycles. The van der Waals surface area contributed by atoms with E-state index in [2.05, 4.69) is 36.1 Å². The Morgan fingerprint density at radius 1 is 1.04 bits per heavy atom. The Balaban J connectivity index is 1.47. The molecule has 1 heterocycles. The quantitative estimate of drug-likeness (QED) is 0.880. The van der Waals surface area contributed by atoms with Crippen molar-refractivity contribution in [2.45, 2.75) is 69.7 Å². The number of carbonyl (C=O) groups is 1. The topological polar surface area (TPSA) is 46.3 Å². The molecule has 2 unspecified atom stereocenters. The largest absolute Gasteiger partial charge is 0.342 e. The van der Waals surface area contributed by atoms with Crippen LogP contribution in [0.2, 0.25) is 0 Å². The molecule has 140 valence electrons. The van der Waals surface area contributed by atoms with Crippen LogP contribution < -0.4 is 5.73 Å². The van der Waals surface area contributed by atoms with Crippen LogP contribution in [0.15, 0.2) is 24.3 Å². The van der Waals surface area contributed by atoms with Gasteiger partial charge in [-0.25, -0.2) is 0 Å². The van der Waals surface area contributed by atoms with E-state index in [-0.39, 0.29) is 16.9 Å². The van der Waals surface area contributed by atoms with Gasteiger partial charge in [-0.3, -0.25) is 4.79 Å². The fraction of sp³-hybridized carbons (Fsp3) is 0.696. The molecular weight excluding hydrogens is 320 g/mol. The average molecular weight is 353 g/mol. The smallest absolute Gasteiger partial charge is 0.228 e. The number of aryl methyl sites for hydroxylation is 1. The van der Waals surface area contributed by atoms with Gasteiger partial charge < -0.3 is 10.6 Å². The Morgan fingerprint density at radius 2 is 1.65 bits per heavy atom. The van der Waals surface area contributed by atoms with Gasteiger partial charge in [0.25, 0.3) is 0 Å². The normalized spacial score (nSPS) is 39.4. The van der Waals surface area contributed by atoms with Gasteiger partial charge in [0.1, 0.15) is 0 Å². The molecular formula is C23H32N2O. The van der Waals surface area contributed by atoms with Gasteiger partial charge in [-0.05, 0) is 81.1 Å². The average Bonchev–Trinajstić information content (AvgIpc) is 2.61. The molecule has 0 radical (unpaired) electrons. The highest BCUT2D eigenvalue weighted by Gasteiger charge is 2.61. The minimum atomic E-state index is -0.0869. The SMILES string of the molecule is Cc1ccc(C23CC4CC(CC(C(=O)N5CCC(N)CC5)(C4)C2)C3)cc1. The van der Waals surface area contributed by atoms with E-state index in [0.717, 1.165) is 57.0 Å². The maximum Gasteiger partial charge on any atom is 0.228 e. The van der Waals surface area contributed by atoms with E-state index in [9.17, 15) is 4.79 Å².